The van der Waals surface area contributed by atoms with Gasteiger partial charge in [-0.15, -0.1) is 0 Å². The van der Waals surface area contributed by atoms with Crippen molar-refractivity contribution in [2.24, 2.45) is 0 Å². The zero-order chi connectivity index (χ0) is 13.5. The van der Waals surface area contributed by atoms with Crippen LogP contribution in [0.1, 0.15) is 6.92 Å². The van der Waals surface area contributed by atoms with E-state index in [0.29, 0.717) is 5.69 Å². The van der Waals surface area contributed by atoms with Crippen LogP contribution in [0.3, 0.4) is 0 Å². The van der Waals surface area contributed by atoms with Gasteiger partial charge in [0.1, 0.15) is 0 Å². The molecule has 6 nitrogen and oxygen atoms in total. The minimum absolute atomic E-state index is 0.0161. The monoisotopic (exact) mass is 250 g/mol. The van der Waals surface area contributed by atoms with Crippen LogP contribution in [0, 0.1) is 0 Å². The highest BCUT2D eigenvalue weighted by Gasteiger charge is 2.16. The number of amides is 1. The predicted molar refractivity (Wildman–Crippen MR) is 67.5 cm³/mol. The van der Waals surface area contributed by atoms with Crippen LogP contribution in [0.25, 0.3) is 0 Å². The lowest BCUT2D eigenvalue weighted by Gasteiger charge is -2.03. The normalized spacial score (nSPS) is 9.44. The summed E-state index contributed by atoms with van der Waals surface area (Å²) in [6, 6.07) is 6.22. The van der Waals surface area contributed by atoms with E-state index in [1.54, 1.807) is 32.2 Å². The summed E-state index contributed by atoms with van der Waals surface area (Å²) in [6.45, 7) is 1.69. The van der Waals surface area contributed by atoms with Gasteiger partial charge >= 0.3 is 11.9 Å². The van der Waals surface area contributed by atoms with Crippen molar-refractivity contribution in [1.29, 1.82) is 0 Å². The quantitative estimate of drug-likeness (QED) is 0.606. The van der Waals surface area contributed by atoms with E-state index in [0.717, 1.165) is 0 Å². The summed E-state index contributed by atoms with van der Waals surface area (Å²) in [5, 5.41) is 4.93. The number of anilines is 2. The Kier molecular flexibility index (Phi) is 4.86. The van der Waals surface area contributed by atoms with Crippen LogP contribution in [0.15, 0.2) is 29.1 Å². The zero-order valence-electron chi connectivity index (χ0n) is 10.1. The summed E-state index contributed by atoms with van der Waals surface area (Å²) in [5.74, 6) is -1.99. The molecule has 18 heavy (non-hydrogen) atoms. The molecule has 0 saturated carbocycles. The van der Waals surface area contributed by atoms with Crippen LogP contribution in [0.2, 0.25) is 0 Å². The molecule has 0 spiro atoms. The third kappa shape index (κ3) is 3.31. The molecule has 0 unspecified atom stereocenters. The molecule has 1 rings (SSSR count). The zero-order valence-corrected chi connectivity index (χ0v) is 10.1. The van der Waals surface area contributed by atoms with Crippen molar-refractivity contribution in [2.75, 3.05) is 24.3 Å². The van der Waals surface area contributed by atoms with Crippen LogP contribution in [-0.2, 0) is 14.3 Å². The van der Waals surface area contributed by atoms with Crippen molar-refractivity contribution in [3.05, 3.63) is 34.5 Å². The van der Waals surface area contributed by atoms with Crippen LogP contribution in [0.5, 0.6) is 0 Å². The molecule has 0 saturated heterocycles. The average Bonchev–Trinajstić information content (AvgIpc) is 2.52. The second-order valence-corrected chi connectivity index (χ2v) is 3.30. The van der Waals surface area contributed by atoms with Crippen molar-refractivity contribution < 1.29 is 14.3 Å². The van der Waals surface area contributed by atoms with Crippen molar-refractivity contribution in [1.82, 2.24) is 0 Å². The van der Waals surface area contributed by atoms with Crippen LogP contribution < -0.4 is 16.1 Å². The average molecular weight is 250 g/mol. The number of carbonyl (C=O) groups excluding carboxylic acids is 2. The van der Waals surface area contributed by atoms with E-state index in [-0.39, 0.29) is 12.3 Å². The van der Waals surface area contributed by atoms with Crippen LogP contribution >= 0.6 is 0 Å². The van der Waals surface area contributed by atoms with Gasteiger partial charge in [0.05, 0.1) is 18.0 Å². The van der Waals surface area contributed by atoms with E-state index in [9.17, 15) is 14.4 Å². The van der Waals surface area contributed by atoms with E-state index >= 15 is 0 Å². The van der Waals surface area contributed by atoms with Crippen molar-refractivity contribution >= 4 is 23.3 Å². The number of carbonyl (C=O) groups is 2. The van der Waals surface area contributed by atoms with Crippen LogP contribution in [0.4, 0.5) is 11.4 Å². The number of ether oxygens (including phenoxy) is 1. The van der Waals surface area contributed by atoms with Gasteiger partial charge in [-0.2, -0.15) is 0 Å². The molecule has 0 atom stereocenters. The molecule has 0 aliphatic rings. The maximum atomic E-state index is 11.9. The summed E-state index contributed by atoms with van der Waals surface area (Å²) in [5.41, 5.74) is -0.0679. The SMILES string of the molecule is CCOC(=O)C(=O)Nc1ccccc(NC)c1=O. The Labute approximate surface area is 104 Å². The lowest BCUT2D eigenvalue weighted by atomic mass is 10.3. The highest BCUT2D eigenvalue weighted by atomic mass is 16.5. The Balaban J connectivity index is 2.99. The third-order valence-corrected chi connectivity index (χ3v) is 2.10. The lowest BCUT2D eigenvalue weighted by Crippen LogP contribution is -2.27. The topological polar surface area (TPSA) is 84.5 Å². The summed E-state index contributed by atoms with van der Waals surface area (Å²) < 4.78 is 4.53. The predicted octanol–water partition coefficient (Wildman–Crippen LogP) is 0.590. The van der Waals surface area contributed by atoms with E-state index in [4.69, 9.17) is 0 Å². The highest BCUT2D eigenvalue weighted by molar-refractivity contribution is 6.37. The first kappa shape index (κ1) is 13.7. The molecule has 2 N–H and O–H groups in total. The molecule has 1 aromatic carbocycles. The molecule has 6 heteroatoms. The van der Waals surface area contributed by atoms with Gasteiger partial charge in [0.25, 0.3) is 0 Å². The van der Waals surface area contributed by atoms with E-state index in [1.807, 2.05) is 0 Å². The van der Waals surface area contributed by atoms with Crippen LogP contribution in [-0.4, -0.2) is 25.5 Å². The van der Waals surface area contributed by atoms with E-state index in [2.05, 4.69) is 15.4 Å². The van der Waals surface area contributed by atoms with Crippen molar-refractivity contribution in [2.45, 2.75) is 6.92 Å². The summed E-state index contributed by atoms with van der Waals surface area (Å²) in [6.07, 6.45) is 0. The van der Waals surface area contributed by atoms with Gasteiger partial charge in [-0.25, -0.2) is 4.79 Å². The molecule has 0 bridgehead atoms. The van der Waals surface area contributed by atoms with Crippen molar-refractivity contribution in [3.8, 4) is 0 Å². The second-order valence-electron chi connectivity index (χ2n) is 3.30. The standard InChI is InChI=1S/C12H14N2O4/c1-3-18-12(17)11(16)14-9-7-5-4-6-8(13-2)10(9)15/h4-7H,3H2,1-2H3,(H2,13,14,15,16). The minimum atomic E-state index is -1.02. The Bertz CT molecular complexity index is 514. The molecule has 1 aromatic rings. The highest BCUT2D eigenvalue weighted by Crippen LogP contribution is 2.04. The first-order chi connectivity index (χ1) is 8.60. The molecule has 0 heterocycles. The third-order valence-electron chi connectivity index (χ3n) is 2.10. The molecule has 0 radical (unpaired) electrons. The number of hydrogen-bond donors (Lipinski definition) is 2. The first-order valence-corrected chi connectivity index (χ1v) is 5.39. The Hall–Kier alpha value is -2.37. The molecule has 0 aliphatic carbocycles. The number of hydrogen-bond acceptors (Lipinski definition) is 5. The fraction of sp³-hybridized carbons (Fsp3) is 0.250. The first-order valence-electron chi connectivity index (χ1n) is 5.39. The maximum absolute atomic E-state index is 11.9. The number of esters is 1. The minimum Gasteiger partial charge on any atom is -0.459 e. The Morgan fingerprint density at radius 1 is 1.22 bits per heavy atom. The maximum Gasteiger partial charge on any atom is 0.397 e. The van der Waals surface area contributed by atoms with Gasteiger partial charge in [-0.1, -0.05) is 12.1 Å². The Morgan fingerprint density at radius 2 is 1.83 bits per heavy atom. The van der Waals surface area contributed by atoms with Gasteiger partial charge in [0, 0.05) is 7.05 Å². The molecular weight excluding hydrogens is 236 g/mol. The lowest BCUT2D eigenvalue weighted by molar-refractivity contribution is -0.152. The molecule has 1 amide bonds. The molecule has 0 aromatic heterocycles. The Morgan fingerprint density at radius 3 is 2.39 bits per heavy atom. The van der Waals surface area contributed by atoms with Gasteiger partial charge in [0.15, 0.2) is 0 Å². The fourth-order valence-electron chi connectivity index (χ4n) is 1.27. The van der Waals surface area contributed by atoms with E-state index < -0.39 is 17.3 Å². The largest absolute Gasteiger partial charge is 0.459 e. The summed E-state index contributed by atoms with van der Waals surface area (Å²) in [4.78, 5) is 34.4. The molecule has 96 valence electrons. The van der Waals surface area contributed by atoms with Crippen molar-refractivity contribution in [3.63, 3.8) is 0 Å². The summed E-state index contributed by atoms with van der Waals surface area (Å²) in [7, 11) is 1.59. The fourth-order valence-corrected chi connectivity index (χ4v) is 1.27. The van der Waals surface area contributed by atoms with Gasteiger partial charge < -0.3 is 15.4 Å². The molecule has 0 fully saturated rings. The molecular formula is C12H14N2O4. The number of rotatable bonds is 3. The second kappa shape index (κ2) is 6.39. The van der Waals surface area contributed by atoms with Gasteiger partial charge in [0.2, 0.25) is 5.43 Å². The molecule has 0 aliphatic heterocycles. The van der Waals surface area contributed by atoms with Gasteiger partial charge in [-0.3, -0.25) is 9.59 Å². The van der Waals surface area contributed by atoms with Gasteiger partial charge in [-0.05, 0) is 19.1 Å². The smallest absolute Gasteiger partial charge is 0.397 e. The van der Waals surface area contributed by atoms with E-state index in [1.165, 1.54) is 6.07 Å². The summed E-state index contributed by atoms with van der Waals surface area (Å²) >= 11 is 0. The number of nitrogens with one attached hydrogen (secondary N) is 2.